The Balaban J connectivity index is 2.86. The van der Waals surface area contributed by atoms with E-state index < -0.39 is 0 Å². The lowest BCUT2D eigenvalue weighted by molar-refractivity contribution is 0.400. The third kappa shape index (κ3) is 4.80. The van der Waals surface area contributed by atoms with Crippen LogP contribution in [-0.2, 0) is 0 Å². The Labute approximate surface area is 64.8 Å². The first-order valence-electron chi connectivity index (χ1n) is 2.70. The Morgan fingerprint density at radius 2 is 2.25 bits per heavy atom. The Morgan fingerprint density at radius 3 is 2.62 bits per heavy atom. The summed E-state index contributed by atoms with van der Waals surface area (Å²) in [7, 11) is 4.09. The van der Waals surface area contributed by atoms with Crippen LogP contribution in [0.1, 0.15) is 0 Å². The van der Waals surface area contributed by atoms with E-state index in [-0.39, 0.29) is 0 Å². The van der Waals surface area contributed by atoms with Crippen LogP contribution < -0.4 is 5.32 Å². The second-order valence-corrected chi connectivity index (χ2v) is 2.49. The van der Waals surface area contributed by atoms with Gasteiger partial charge in [-0.1, -0.05) is 22.6 Å². The van der Waals surface area contributed by atoms with E-state index in [0.717, 1.165) is 17.6 Å². The van der Waals surface area contributed by atoms with E-state index in [4.69, 9.17) is 0 Å². The predicted molar refractivity (Wildman–Crippen MR) is 45.4 cm³/mol. The normalized spacial score (nSPS) is 10.5. The van der Waals surface area contributed by atoms with E-state index in [1.54, 1.807) is 0 Å². The van der Waals surface area contributed by atoms with Gasteiger partial charge >= 0.3 is 0 Å². The van der Waals surface area contributed by atoms with Crippen LogP contribution in [-0.4, -0.2) is 36.6 Å². The Bertz CT molecular complexity index is 49.7. The minimum atomic E-state index is 1.08. The highest BCUT2D eigenvalue weighted by Crippen LogP contribution is 1.86. The summed E-state index contributed by atoms with van der Waals surface area (Å²) < 4.78 is 1.11. The number of rotatable bonds is 4. The second kappa shape index (κ2) is 5.78. The molecule has 0 atom stereocenters. The highest BCUT2D eigenvalue weighted by molar-refractivity contribution is 14.1. The van der Waals surface area contributed by atoms with Crippen LogP contribution in [0.15, 0.2) is 0 Å². The summed E-state index contributed by atoms with van der Waals surface area (Å²) in [5.41, 5.74) is 0. The van der Waals surface area contributed by atoms with Gasteiger partial charge < -0.3 is 5.32 Å². The monoisotopic (exact) mass is 228 g/mol. The summed E-state index contributed by atoms with van der Waals surface area (Å²) in [5.74, 6) is 0. The molecular weight excluding hydrogens is 215 g/mol. The number of nitrogens with one attached hydrogen (secondary N) is 1. The molecule has 0 aromatic heterocycles. The fourth-order valence-electron chi connectivity index (χ4n) is 0.362. The first-order chi connectivity index (χ1) is 3.81. The van der Waals surface area contributed by atoms with Gasteiger partial charge in [-0.3, -0.25) is 4.90 Å². The van der Waals surface area contributed by atoms with Gasteiger partial charge in [0.1, 0.15) is 0 Å². The minimum Gasteiger partial charge on any atom is -0.318 e. The van der Waals surface area contributed by atoms with E-state index in [2.05, 4.69) is 39.9 Å². The molecule has 0 heterocycles. The summed E-state index contributed by atoms with van der Waals surface area (Å²) in [4.78, 5) is 2.26. The van der Waals surface area contributed by atoms with Crippen LogP contribution in [0.3, 0.4) is 0 Å². The van der Waals surface area contributed by atoms with Crippen LogP contribution in [0.4, 0.5) is 0 Å². The topological polar surface area (TPSA) is 15.3 Å². The molecule has 0 saturated heterocycles. The van der Waals surface area contributed by atoms with Crippen LogP contribution >= 0.6 is 22.6 Å². The summed E-state index contributed by atoms with van der Waals surface area (Å²) >= 11 is 2.35. The summed E-state index contributed by atoms with van der Waals surface area (Å²) in [6.07, 6.45) is 0. The molecule has 0 aromatic carbocycles. The van der Waals surface area contributed by atoms with Gasteiger partial charge in [-0.2, -0.15) is 0 Å². The molecule has 0 aliphatic rings. The van der Waals surface area contributed by atoms with Crippen molar-refractivity contribution >= 4 is 22.6 Å². The van der Waals surface area contributed by atoms with Crippen molar-refractivity contribution in [1.29, 1.82) is 0 Å². The molecule has 0 aromatic rings. The zero-order valence-corrected chi connectivity index (χ0v) is 7.60. The lowest BCUT2D eigenvalue weighted by Gasteiger charge is -2.10. The fourth-order valence-corrected chi connectivity index (χ4v) is 0.704. The van der Waals surface area contributed by atoms with E-state index >= 15 is 0 Å². The molecule has 0 spiro atoms. The van der Waals surface area contributed by atoms with Crippen LogP contribution in [0.2, 0.25) is 0 Å². The van der Waals surface area contributed by atoms with E-state index in [1.165, 1.54) is 0 Å². The SMILES string of the molecule is CNCCN(C)CI. The lowest BCUT2D eigenvalue weighted by atomic mass is 10.6. The molecule has 0 saturated carbocycles. The van der Waals surface area contributed by atoms with Crippen molar-refractivity contribution in [3.8, 4) is 0 Å². The van der Waals surface area contributed by atoms with E-state index in [1.807, 2.05) is 7.05 Å². The summed E-state index contributed by atoms with van der Waals surface area (Å²) in [5, 5.41) is 3.09. The Morgan fingerprint density at radius 1 is 1.62 bits per heavy atom. The van der Waals surface area contributed by atoms with Crippen molar-refractivity contribution in [2.75, 3.05) is 31.7 Å². The summed E-state index contributed by atoms with van der Waals surface area (Å²) in [6, 6.07) is 0. The number of hydrogen-bond donors (Lipinski definition) is 1. The maximum absolute atomic E-state index is 3.09. The quantitative estimate of drug-likeness (QED) is 0.429. The van der Waals surface area contributed by atoms with Gasteiger partial charge in [-0.05, 0) is 14.1 Å². The largest absolute Gasteiger partial charge is 0.318 e. The van der Waals surface area contributed by atoms with Crippen molar-refractivity contribution < 1.29 is 0 Å². The van der Waals surface area contributed by atoms with Crippen LogP contribution in [0.5, 0.6) is 0 Å². The van der Waals surface area contributed by atoms with Crippen molar-refractivity contribution in [2.24, 2.45) is 0 Å². The van der Waals surface area contributed by atoms with Crippen molar-refractivity contribution in [1.82, 2.24) is 10.2 Å². The van der Waals surface area contributed by atoms with Crippen molar-refractivity contribution in [3.63, 3.8) is 0 Å². The maximum atomic E-state index is 3.09. The maximum Gasteiger partial charge on any atom is 0.0503 e. The van der Waals surface area contributed by atoms with Gasteiger partial charge in [0, 0.05) is 13.1 Å². The second-order valence-electron chi connectivity index (χ2n) is 1.80. The number of alkyl halides is 1. The third-order valence-electron chi connectivity index (χ3n) is 0.948. The van der Waals surface area contributed by atoms with Crippen molar-refractivity contribution in [2.45, 2.75) is 0 Å². The molecule has 3 heteroatoms. The third-order valence-corrected chi connectivity index (χ3v) is 2.11. The first-order valence-corrected chi connectivity index (χ1v) is 4.23. The molecule has 1 N–H and O–H groups in total. The molecule has 0 unspecified atom stereocenters. The van der Waals surface area contributed by atoms with Gasteiger partial charge in [-0.15, -0.1) is 0 Å². The molecule has 0 aliphatic carbocycles. The Hall–Kier alpha value is 0.650. The first kappa shape index (κ1) is 8.65. The molecule has 0 amide bonds. The zero-order chi connectivity index (χ0) is 6.41. The number of likely N-dealkylation sites (N-methyl/N-ethyl adjacent to an activating group) is 2. The van der Waals surface area contributed by atoms with Crippen LogP contribution in [0, 0.1) is 0 Å². The van der Waals surface area contributed by atoms with Gasteiger partial charge in [0.05, 0.1) is 4.55 Å². The molecule has 0 radical (unpaired) electrons. The lowest BCUT2D eigenvalue weighted by Crippen LogP contribution is -2.25. The number of nitrogens with zero attached hydrogens (tertiary/aromatic N) is 1. The zero-order valence-electron chi connectivity index (χ0n) is 5.45. The molecule has 0 rings (SSSR count). The molecule has 2 nitrogen and oxygen atoms in total. The molecule has 8 heavy (non-hydrogen) atoms. The molecule has 0 bridgehead atoms. The Kier molecular flexibility index (Phi) is 6.25. The number of hydrogen-bond acceptors (Lipinski definition) is 2. The molecule has 0 fully saturated rings. The summed E-state index contributed by atoms with van der Waals surface area (Å²) in [6.45, 7) is 2.22. The minimum absolute atomic E-state index is 1.08. The molecular formula is C5H13IN2. The highest BCUT2D eigenvalue weighted by atomic mass is 127. The highest BCUT2D eigenvalue weighted by Gasteiger charge is 1.89. The van der Waals surface area contributed by atoms with E-state index in [9.17, 15) is 0 Å². The van der Waals surface area contributed by atoms with Gasteiger partial charge in [0.25, 0.3) is 0 Å². The standard InChI is InChI=1S/C5H13IN2/c1-7-3-4-8(2)5-6/h7H,3-5H2,1-2H3. The smallest absolute Gasteiger partial charge is 0.0503 e. The molecule has 50 valence electrons. The predicted octanol–water partition coefficient (Wildman–Crippen LogP) is 0.530. The average molecular weight is 228 g/mol. The average Bonchev–Trinajstić information content (AvgIpc) is 1.83. The van der Waals surface area contributed by atoms with E-state index in [0.29, 0.717) is 0 Å². The fraction of sp³-hybridized carbons (Fsp3) is 1.00. The van der Waals surface area contributed by atoms with Crippen molar-refractivity contribution in [3.05, 3.63) is 0 Å². The van der Waals surface area contributed by atoms with Gasteiger partial charge in [0.15, 0.2) is 0 Å². The molecule has 0 aliphatic heterocycles. The van der Waals surface area contributed by atoms with Crippen LogP contribution in [0.25, 0.3) is 0 Å². The van der Waals surface area contributed by atoms with Gasteiger partial charge in [0.2, 0.25) is 0 Å². The van der Waals surface area contributed by atoms with Gasteiger partial charge in [-0.25, -0.2) is 0 Å². The number of halogens is 1.